The van der Waals surface area contributed by atoms with Gasteiger partial charge in [-0.1, -0.05) is 19.3 Å². The molecule has 0 unspecified atom stereocenters. The summed E-state index contributed by atoms with van der Waals surface area (Å²) in [7, 11) is 0. The van der Waals surface area contributed by atoms with Crippen molar-refractivity contribution in [2.24, 2.45) is 0 Å². The number of thiol groups is 1. The van der Waals surface area contributed by atoms with E-state index in [0.29, 0.717) is 6.54 Å². The molecule has 0 aliphatic heterocycles. The molecule has 0 spiro atoms. The minimum absolute atomic E-state index is 0.404. The lowest BCUT2D eigenvalue weighted by Crippen LogP contribution is -2.48. The van der Waals surface area contributed by atoms with Crippen LogP contribution in [0.5, 0.6) is 0 Å². The lowest BCUT2D eigenvalue weighted by molar-refractivity contribution is 0.102. The van der Waals surface area contributed by atoms with Gasteiger partial charge in [-0.25, -0.2) is 4.79 Å². The summed E-state index contributed by atoms with van der Waals surface area (Å²) < 4.78 is 0. The first-order valence-electron chi connectivity index (χ1n) is 4.83. The van der Waals surface area contributed by atoms with E-state index in [2.05, 4.69) is 12.6 Å². The lowest BCUT2D eigenvalue weighted by Gasteiger charge is -2.40. The molecule has 4 heteroatoms. The minimum Gasteiger partial charge on any atom is -0.465 e. The Morgan fingerprint density at radius 2 is 2.00 bits per heavy atom. The molecule has 1 aliphatic carbocycles. The fraction of sp³-hybridized carbons (Fsp3) is 0.889. The topological polar surface area (TPSA) is 40.5 Å². The van der Waals surface area contributed by atoms with Gasteiger partial charge in [0.25, 0.3) is 0 Å². The molecule has 1 fully saturated rings. The van der Waals surface area contributed by atoms with Crippen molar-refractivity contribution in [1.29, 1.82) is 0 Å². The summed E-state index contributed by atoms with van der Waals surface area (Å²) in [5.41, 5.74) is 0. The first-order chi connectivity index (χ1) is 6.10. The average molecular weight is 203 g/mol. The highest BCUT2D eigenvalue weighted by atomic mass is 32.1. The van der Waals surface area contributed by atoms with Crippen LogP contribution in [-0.2, 0) is 0 Å². The molecule has 1 aliphatic rings. The summed E-state index contributed by atoms with van der Waals surface area (Å²) in [6.45, 7) is 2.39. The monoisotopic (exact) mass is 203 g/mol. The van der Waals surface area contributed by atoms with E-state index in [1.54, 1.807) is 0 Å². The average Bonchev–Trinajstić information content (AvgIpc) is 2.05. The SMILES string of the molecule is CCN(C(=O)O)C1(S)CCCCC1. The van der Waals surface area contributed by atoms with Gasteiger partial charge in [-0.15, -0.1) is 0 Å². The zero-order valence-electron chi connectivity index (χ0n) is 7.99. The van der Waals surface area contributed by atoms with Crippen molar-refractivity contribution in [3.8, 4) is 0 Å². The van der Waals surface area contributed by atoms with Gasteiger partial charge in [0.15, 0.2) is 0 Å². The Labute approximate surface area is 84.5 Å². The zero-order chi connectivity index (χ0) is 9.90. The zero-order valence-corrected chi connectivity index (χ0v) is 8.89. The van der Waals surface area contributed by atoms with Crippen LogP contribution in [0.3, 0.4) is 0 Å². The summed E-state index contributed by atoms with van der Waals surface area (Å²) in [6.07, 6.45) is 4.31. The Morgan fingerprint density at radius 1 is 1.46 bits per heavy atom. The fourth-order valence-corrected chi connectivity index (χ4v) is 2.54. The molecule has 0 aromatic rings. The van der Waals surface area contributed by atoms with Gasteiger partial charge in [-0.05, 0) is 19.8 Å². The standard InChI is InChI=1S/C9H17NO2S/c1-2-10(8(11)12)9(13)6-4-3-5-7-9/h13H,2-7H2,1H3,(H,11,12). The molecule has 0 heterocycles. The molecule has 1 rings (SSSR count). The van der Waals surface area contributed by atoms with Gasteiger partial charge < -0.3 is 5.11 Å². The molecule has 0 aromatic carbocycles. The third-order valence-electron chi connectivity index (χ3n) is 2.70. The smallest absolute Gasteiger partial charge is 0.408 e. The van der Waals surface area contributed by atoms with Crippen LogP contribution in [0.4, 0.5) is 4.79 Å². The second-order valence-electron chi connectivity index (χ2n) is 3.57. The van der Waals surface area contributed by atoms with Crippen LogP contribution in [0.1, 0.15) is 39.0 Å². The quantitative estimate of drug-likeness (QED) is 0.535. The first kappa shape index (κ1) is 10.7. The molecule has 0 saturated heterocycles. The van der Waals surface area contributed by atoms with E-state index < -0.39 is 11.0 Å². The first-order valence-corrected chi connectivity index (χ1v) is 5.28. The Balaban J connectivity index is 2.68. The summed E-state index contributed by atoms with van der Waals surface area (Å²) in [6, 6.07) is 0. The van der Waals surface area contributed by atoms with E-state index in [0.717, 1.165) is 25.7 Å². The number of carboxylic acid groups (broad SMARTS) is 1. The van der Waals surface area contributed by atoms with Crippen LogP contribution in [-0.4, -0.2) is 27.5 Å². The van der Waals surface area contributed by atoms with Gasteiger partial charge in [0.2, 0.25) is 0 Å². The second kappa shape index (κ2) is 4.22. The van der Waals surface area contributed by atoms with Crippen molar-refractivity contribution in [2.45, 2.75) is 43.9 Å². The molecule has 13 heavy (non-hydrogen) atoms. The Morgan fingerprint density at radius 3 is 2.38 bits per heavy atom. The van der Waals surface area contributed by atoms with Crippen molar-refractivity contribution in [2.75, 3.05) is 6.54 Å². The van der Waals surface area contributed by atoms with Crippen LogP contribution < -0.4 is 0 Å². The van der Waals surface area contributed by atoms with Crippen LogP contribution in [0.25, 0.3) is 0 Å². The molecule has 1 saturated carbocycles. The molecule has 76 valence electrons. The van der Waals surface area contributed by atoms with Crippen LogP contribution in [0, 0.1) is 0 Å². The van der Waals surface area contributed by atoms with Crippen LogP contribution in [0.2, 0.25) is 0 Å². The molecule has 0 radical (unpaired) electrons. The van der Waals surface area contributed by atoms with E-state index in [4.69, 9.17) is 5.11 Å². The largest absolute Gasteiger partial charge is 0.465 e. The van der Waals surface area contributed by atoms with Crippen LogP contribution >= 0.6 is 12.6 Å². The van der Waals surface area contributed by atoms with E-state index in [9.17, 15) is 4.79 Å². The number of hydrogen-bond donors (Lipinski definition) is 2. The highest BCUT2D eigenvalue weighted by molar-refractivity contribution is 7.81. The van der Waals surface area contributed by atoms with Gasteiger partial charge >= 0.3 is 6.09 Å². The van der Waals surface area contributed by atoms with Gasteiger partial charge in [-0.3, -0.25) is 4.90 Å². The van der Waals surface area contributed by atoms with Gasteiger partial charge in [-0.2, -0.15) is 12.6 Å². The van der Waals surface area contributed by atoms with Gasteiger partial charge in [0.1, 0.15) is 0 Å². The second-order valence-corrected chi connectivity index (χ2v) is 4.40. The van der Waals surface area contributed by atoms with Crippen LogP contribution in [0.15, 0.2) is 0 Å². The highest BCUT2D eigenvalue weighted by Gasteiger charge is 2.36. The van der Waals surface area contributed by atoms with Crippen molar-refractivity contribution in [1.82, 2.24) is 4.90 Å². The van der Waals surface area contributed by atoms with Gasteiger partial charge in [0, 0.05) is 6.54 Å². The molecule has 0 aromatic heterocycles. The third-order valence-corrected chi connectivity index (χ3v) is 3.39. The molecular weight excluding hydrogens is 186 g/mol. The van der Waals surface area contributed by atoms with Crippen molar-refractivity contribution in [3.05, 3.63) is 0 Å². The number of rotatable bonds is 2. The minimum atomic E-state index is -0.848. The van der Waals surface area contributed by atoms with Crippen molar-refractivity contribution < 1.29 is 9.90 Å². The highest BCUT2D eigenvalue weighted by Crippen LogP contribution is 2.36. The maximum absolute atomic E-state index is 10.9. The summed E-state index contributed by atoms with van der Waals surface area (Å²) in [5, 5.41) is 8.97. The maximum Gasteiger partial charge on any atom is 0.408 e. The van der Waals surface area contributed by atoms with Crippen molar-refractivity contribution >= 4 is 18.7 Å². The third kappa shape index (κ3) is 2.30. The van der Waals surface area contributed by atoms with E-state index in [1.165, 1.54) is 11.3 Å². The van der Waals surface area contributed by atoms with E-state index >= 15 is 0 Å². The van der Waals surface area contributed by atoms with Crippen molar-refractivity contribution in [3.63, 3.8) is 0 Å². The Bertz CT molecular complexity index is 190. The molecular formula is C9H17NO2S. The summed E-state index contributed by atoms with van der Waals surface area (Å²) >= 11 is 4.51. The number of nitrogens with zero attached hydrogens (tertiary/aromatic N) is 1. The normalized spacial score (nSPS) is 21.1. The molecule has 3 nitrogen and oxygen atoms in total. The predicted molar refractivity (Wildman–Crippen MR) is 55.2 cm³/mol. The number of carbonyl (C=O) groups is 1. The predicted octanol–water partition coefficient (Wildman–Crippen LogP) is 2.58. The number of amides is 1. The van der Waals surface area contributed by atoms with E-state index in [-0.39, 0.29) is 0 Å². The summed E-state index contributed by atoms with van der Waals surface area (Å²) in [5.74, 6) is 0. The molecule has 0 bridgehead atoms. The summed E-state index contributed by atoms with van der Waals surface area (Å²) in [4.78, 5) is 12.0. The van der Waals surface area contributed by atoms with E-state index in [1.807, 2.05) is 6.92 Å². The Hall–Kier alpha value is -0.380. The fourth-order valence-electron chi connectivity index (χ4n) is 2.00. The molecule has 0 atom stereocenters. The molecule has 1 N–H and O–H groups in total. The Kier molecular flexibility index (Phi) is 3.47. The number of hydrogen-bond acceptors (Lipinski definition) is 2. The van der Waals surface area contributed by atoms with Gasteiger partial charge in [0.05, 0.1) is 4.87 Å². The molecule has 1 amide bonds. The lowest BCUT2D eigenvalue weighted by atomic mass is 9.93. The maximum atomic E-state index is 10.9.